The first-order chi connectivity index (χ1) is 5.29. The van der Waals surface area contributed by atoms with Gasteiger partial charge in [0.15, 0.2) is 0 Å². The minimum absolute atomic E-state index is 0. The van der Waals surface area contributed by atoms with Crippen LogP contribution in [0.2, 0.25) is 5.02 Å². The van der Waals surface area contributed by atoms with Gasteiger partial charge in [0.1, 0.15) is 0 Å². The van der Waals surface area contributed by atoms with E-state index in [0.717, 1.165) is 10.6 Å². The van der Waals surface area contributed by atoms with Gasteiger partial charge in [-0.05, 0) is 12.8 Å². The SMILES string of the molecule is [Na+].[S-]c1ccnc(C2CC2)c1Cl. The maximum absolute atomic E-state index is 5.96. The van der Waals surface area contributed by atoms with Crippen molar-refractivity contribution >= 4 is 24.2 Å². The Morgan fingerprint density at radius 1 is 1.50 bits per heavy atom. The average Bonchev–Trinajstić information content (AvgIpc) is 2.77. The van der Waals surface area contributed by atoms with Gasteiger partial charge in [-0.1, -0.05) is 17.7 Å². The molecule has 1 aromatic heterocycles. The summed E-state index contributed by atoms with van der Waals surface area (Å²) in [6.45, 7) is 0. The third-order valence-corrected chi connectivity index (χ3v) is 2.69. The van der Waals surface area contributed by atoms with Crippen LogP contribution in [0.5, 0.6) is 0 Å². The first-order valence-corrected chi connectivity index (χ1v) is 4.39. The number of aromatic nitrogens is 1. The van der Waals surface area contributed by atoms with Crippen LogP contribution in [0, 0.1) is 0 Å². The van der Waals surface area contributed by atoms with E-state index in [1.54, 1.807) is 12.3 Å². The summed E-state index contributed by atoms with van der Waals surface area (Å²) < 4.78 is 0. The number of rotatable bonds is 1. The van der Waals surface area contributed by atoms with Gasteiger partial charge >= 0.3 is 29.6 Å². The van der Waals surface area contributed by atoms with Crippen molar-refractivity contribution in [3.05, 3.63) is 23.0 Å². The first kappa shape index (κ1) is 10.7. The molecule has 4 heteroatoms. The molecular formula is C8H7ClNNaS. The molecule has 0 saturated heterocycles. The van der Waals surface area contributed by atoms with E-state index >= 15 is 0 Å². The fourth-order valence-corrected chi connectivity index (χ4v) is 1.51. The van der Waals surface area contributed by atoms with E-state index in [0.29, 0.717) is 10.9 Å². The van der Waals surface area contributed by atoms with E-state index in [2.05, 4.69) is 4.98 Å². The van der Waals surface area contributed by atoms with Crippen molar-refractivity contribution in [3.8, 4) is 0 Å². The van der Waals surface area contributed by atoms with Gasteiger partial charge in [-0.25, -0.2) is 0 Å². The summed E-state index contributed by atoms with van der Waals surface area (Å²) in [5, 5.41) is 0.685. The third-order valence-electron chi connectivity index (χ3n) is 1.84. The zero-order valence-corrected chi connectivity index (χ0v) is 10.5. The Morgan fingerprint density at radius 3 is 2.75 bits per heavy atom. The van der Waals surface area contributed by atoms with Gasteiger partial charge < -0.3 is 12.6 Å². The summed E-state index contributed by atoms with van der Waals surface area (Å²) in [6.07, 6.45) is 4.17. The molecule has 1 heterocycles. The molecule has 58 valence electrons. The monoisotopic (exact) mass is 207 g/mol. The average molecular weight is 208 g/mol. The number of halogens is 1. The van der Waals surface area contributed by atoms with E-state index in [9.17, 15) is 0 Å². The molecule has 0 amide bonds. The normalized spacial score (nSPS) is 15.4. The fraction of sp³-hybridized carbons (Fsp3) is 0.375. The molecule has 0 radical (unpaired) electrons. The molecule has 0 atom stereocenters. The first-order valence-electron chi connectivity index (χ1n) is 3.60. The predicted octanol–water partition coefficient (Wildman–Crippen LogP) is -0.478. The van der Waals surface area contributed by atoms with Crippen LogP contribution >= 0.6 is 11.6 Å². The Kier molecular flexibility index (Phi) is 3.80. The zero-order chi connectivity index (χ0) is 7.84. The van der Waals surface area contributed by atoms with Crippen LogP contribution in [-0.2, 0) is 12.6 Å². The second kappa shape index (κ2) is 4.25. The molecule has 1 fully saturated rings. The van der Waals surface area contributed by atoms with Gasteiger partial charge in [-0.15, -0.1) is 0 Å². The molecule has 1 aliphatic rings. The molecule has 1 nitrogen and oxygen atoms in total. The van der Waals surface area contributed by atoms with Gasteiger partial charge in [-0.3, -0.25) is 4.98 Å². The third kappa shape index (κ3) is 2.12. The molecule has 0 bridgehead atoms. The smallest absolute Gasteiger partial charge is 0.778 e. The van der Waals surface area contributed by atoms with Crippen molar-refractivity contribution in [1.82, 2.24) is 4.98 Å². The summed E-state index contributed by atoms with van der Waals surface area (Å²) in [4.78, 5) is 4.93. The molecular weight excluding hydrogens is 201 g/mol. The minimum Gasteiger partial charge on any atom is -0.778 e. The Balaban J connectivity index is 0.000000720. The molecule has 1 aliphatic carbocycles. The topological polar surface area (TPSA) is 12.9 Å². The van der Waals surface area contributed by atoms with Crippen molar-refractivity contribution in [2.24, 2.45) is 0 Å². The van der Waals surface area contributed by atoms with Crippen LogP contribution < -0.4 is 29.6 Å². The maximum Gasteiger partial charge on any atom is 1.00 e. The van der Waals surface area contributed by atoms with Crippen molar-refractivity contribution in [3.63, 3.8) is 0 Å². The van der Waals surface area contributed by atoms with Crippen LogP contribution in [0.15, 0.2) is 17.2 Å². The van der Waals surface area contributed by atoms with Crippen LogP contribution in [0.1, 0.15) is 24.5 Å². The van der Waals surface area contributed by atoms with Gasteiger partial charge in [0.2, 0.25) is 0 Å². The van der Waals surface area contributed by atoms with Crippen LogP contribution in [0.4, 0.5) is 0 Å². The zero-order valence-electron chi connectivity index (χ0n) is 6.88. The number of hydrogen-bond donors (Lipinski definition) is 0. The second-order valence-corrected chi connectivity index (χ2v) is 3.60. The van der Waals surface area contributed by atoms with Gasteiger partial charge in [-0.2, -0.15) is 4.90 Å². The quantitative estimate of drug-likeness (QED) is 0.456. The second-order valence-electron chi connectivity index (χ2n) is 2.78. The van der Waals surface area contributed by atoms with E-state index in [4.69, 9.17) is 24.2 Å². The predicted molar refractivity (Wildman–Crippen MR) is 46.9 cm³/mol. The molecule has 2 rings (SSSR count). The van der Waals surface area contributed by atoms with Crippen LogP contribution in [-0.4, -0.2) is 4.98 Å². The number of nitrogens with zero attached hydrogens (tertiary/aromatic N) is 1. The van der Waals surface area contributed by atoms with E-state index in [1.165, 1.54) is 12.8 Å². The molecule has 0 N–H and O–H groups in total. The number of pyridine rings is 1. The van der Waals surface area contributed by atoms with E-state index < -0.39 is 0 Å². The van der Waals surface area contributed by atoms with E-state index in [-0.39, 0.29) is 29.6 Å². The molecule has 1 aromatic rings. The van der Waals surface area contributed by atoms with E-state index in [1.807, 2.05) is 0 Å². The van der Waals surface area contributed by atoms with Crippen molar-refractivity contribution in [2.45, 2.75) is 23.7 Å². The molecule has 0 aliphatic heterocycles. The Morgan fingerprint density at radius 2 is 2.17 bits per heavy atom. The molecule has 0 aromatic carbocycles. The number of hydrogen-bond acceptors (Lipinski definition) is 2. The van der Waals surface area contributed by atoms with Crippen molar-refractivity contribution in [1.29, 1.82) is 0 Å². The van der Waals surface area contributed by atoms with Crippen molar-refractivity contribution in [2.75, 3.05) is 0 Å². The Bertz CT molecular complexity index is 288. The van der Waals surface area contributed by atoms with Gasteiger partial charge in [0.25, 0.3) is 0 Å². The molecule has 12 heavy (non-hydrogen) atoms. The van der Waals surface area contributed by atoms with Gasteiger partial charge in [0, 0.05) is 17.1 Å². The summed E-state index contributed by atoms with van der Waals surface area (Å²) in [5.41, 5.74) is 0.999. The minimum atomic E-state index is 0. The van der Waals surface area contributed by atoms with Gasteiger partial charge in [0.05, 0.1) is 5.69 Å². The Hall–Kier alpha value is 0.660. The summed E-state index contributed by atoms with van der Waals surface area (Å²) >= 11 is 11.0. The summed E-state index contributed by atoms with van der Waals surface area (Å²) in [7, 11) is 0. The summed E-state index contributed by atoms with van der Waals surface area (Å²) in [5.74, 6) is 0.588. The molecule has 0 spiro atoms. The fourth-order valence-electron chi connectivity index (χ4n) is 1.08. The summed E-state index contributed by atoms with van der Waals surface area (Å²) in [6, 6.07) is 1.77. The maximum atomic E-state index is 5.96. The standard InChI is InChI=1S/C8H8ClNS.Na/c9-7-6(11)3-4-10-8(7)5-1-2-5;/h3-5H,1-2H2,(H,10,11);/q;+1/p-1. The van der Waals surface area contributed by atoms with Crippen LogP contribution in [0.25, 0.3) is 0 Å². The largest absolute Gasteiger partial charge is 1.00 e. The van der Waals surface area contributed by atoms with Crippen LogP contribution in [0.3, 0.4) is 0 Å². The molecule has 1 saturated carbocycles. The van der Waals surface area contributed by atoms with Crippen molar-refractivity contribution < 1.29 is 29.6 Å². The molecule has 0 unspecified atom stereocenters. The Labute approximate surface area is 105 Å².